The van der Waals surface area contributed by atoms with Crippen LogP contribution < -0.4 is 10.6 Å². The van der Waals surface area contributed by atoms with E-state index < -0.39 is 0 Å². The van der Waals surface area contributed by atoms with Crippen LogP contribution in [-0.4, -0.2) is 61.0 Å². The Bertz CT molecular complexity index is 1590. The number of halogens is 1. The number of piperazine rings is 1. The SMILES string of the molecule is CC[C@H]1CN(C(C)c2ccc3nc(C)sc3c2F)[C@H](CC)CN1c1nc(=O)n(C)c2cn(C3CCCCO3)nc12. The van der Waals surface area contributed by atoms with Crippen molar-refractivity contribution in [2.75, 3.05) is 24.6 Å². The number of ether oxygens (including phenoxy) is 1. The smallest absolute Gasteiger partial charge is 0.349 e. The Morgan fingerprint density at radius 2 is 1.95 bits per heavy atom. The Balaban J connectivity index is 1.35. The van der Waals surface area contributed by atoms with Gasteiger partial charge in [0.2, 0.25) is 0 Å². The third-order valence-electron chi connectivity index (χ3n) is 8.76. The number of benzene rings is 1. The molecule has 2 aliphatic heterocycles. The normalized spacial score (nSPS) is 23.4. The molecule has 0 aliphatic carbocycles. The number of fused-ring (bicyclic) bond motifs is 2. The molecule has 0 amide bonds. The van der Waals surface area contributed by atoms with Gasteiger partial charge in [0.05, 0.1) is 26.9 Å². The molecule has 5 heterocycles. The summed E-state index contributed by atoms with van der Waals surface area (Å²) in [4.78, 5) is 26.8. The molecular formula is C29H38FN7O2S. The van der Waals surface area contributed by atoms with Crippen LogP contribution in [-0.2, 0) is 11.8 Å². The molecule has 0 radical (unpaired) electrons. The highest BCUT2D eigenvalue weighted by Gasteiger charge is 2.38. The highest BCUT2D eigenvalue weighted by Crippen LogP contribution is 2.37. The van der Waals surface area contributed by atoms with Crippen LogP contribution in [0.4, 0.5) is 10.2 Å². The molecule has 6 rings (SSSR count). The molecule has 2 aliphatic rings. The number of anilines is 1. The van der Waals surface area contributed by atoms with Gasteiger partial charge in [0.15, 0.2) is 11.3 Å². The average Bonchev–Trinajstić information content (AvgIpc) is 3.59. The Hall–Kier alpha value is -2.89. The van der Waals surface area contributed by atoms with Gasteiger partial charge in [-0.15, -0.1) is 11.3 Å². The van der Waals surface area contributed by atoms with Crippen molar-refractivity contribution >= 4 is 38.4 Å². The van der Waals surface area contributed by atoms with Crippen molar-refractivity contribution in [3.63, 3.8) is 0 Å². The number of aryl methyl sites for hydroxylation is 2. The maximum absolute atomic E-state index is 15.7. The standard InChI is InChI=1S/C29H38FN7O2S/c1-6-19-15-36(28-26-23(34(5)29(38)32-28)16-37(33-26)24-10-8-9-13-39-24)20(7-2)14-35(19)17(3)21-11-12-22-27(25(21)30)40-18(4)31-22/h11-12,16-17,19-20,24H,6-10,13-15H2,1-5H3/t17?,19-,20+,24?/m1/s1. The summed E-state index contributed by atoms with van der Waals surface area (Å²) in [6.45, 7) is 10.5. The number of thiazole rings is 1. The summed E-state index contributed by atoms with van der Waals surface area (Å²) in [5, 5.41) is 5.81. The van der Waals surface area contributed by atoms with Gasteiger partial charge in [-0.3, -0.25) is 9.47 Å². The first kappa shape index (κ1) is 27.3. The van der Waals surface area contributed by atoms with E-state index >= 15 is 4.39 Å². The molecule has 214 valence electrons. The summed E-state index contributed by atoms with van der Waals surface area (Å²) >= 11 is 1.41. The van der Waals surface area contributed by atoms with Crippen LogP contribution >= 0.6 is 11.3 Å². The second-order valence-electron chi connectivity index (χ2n) is 11.1. The van der Waals surface area contributed by atoms with E-state index in [1.807, 2.05) is 29.9 Å². The number of hydrogen-bond acceptors (Lipinski definition) is 8. The molecule has 0 spiro atoms. The predicted octanol–water partition coefficient (Wildman–Crippen LogP) is 5.33. The van der Waals surface area contributed by atoms with Crippen molar-refractivity contribution in [3.05, 3.63) is 45.2 Å². The molecular weight excluding hydrogens is 529 g/mol. The highest BCUT2D eigenvalue weighted by atomic mass is 32.1. The van der Waals surface area contributed by atoms with E-state index in [0.717, 1.165) is 66.8 Å². The van der Waals surface area contributed by atoms with Gasteiger partial charge >= 0.3 is 5.69 Å². The second-order valence-corrected chi connectivity index (χ2v) is 12.3. The summed E-state index contributed by atoms with van der Waals surface area (Å²) in [5.74, 6) is 0.476. The molecule has 1 aromatic carbocycles. The number of nitrogens with zero attached hydrogens (tertiary/aromatic N) is 7. The molecule has 4 aromatic rings. The van der Waals surface area contributed by atoms with Gasteiger partial charge in [0.25, 0.3) is 0 Å². The lowest BCUT2D eigenvalue weighted by Crippen LogP contribution is -2.59. The first-order valence-electron chi connectivity index (χ1n) is 14.5. The quantitative estimate of drug-likeness (QED) is 0.312. The Morgan fingerprint density at radius 3 is 2.67 bits per heavy atom. The maximum atomic E-state index is 15.7. The lowest BCUT2D eigenvalue weighted by atomic mass is 9.96. The van der Waals surface area contributed by atoms with E-state index in [-0.39, 0.29) is 35.9 Å². The minimum absolute atomic E-state index is 0.0987. The topological polar surface area (TPSA) is 81.3 Å². The van der Waals surface area contributed by atoms with E-state index in [2.05, 4.69) is 40.5 Å². The summed E-state index contributed by atoms with van der Waals surface area (Å²) < 4.78 is 25.8. The molecule has 3 aromatic heterocycles. The minimum atomic E-state index is -0.291. The van der Waals surface area contributed by atoms with Gasteiger partial charge in [-0.1, -0.05) is 19.9 Å². The molecule has 2 saturated heterocycles. The Kier molecular flexibility index (Phi) is 7.39. The van der Waals surface area contributed by atoms with Crippen LogP contribution in [0.15, 0.2) is 23.1 Å². The van der Waals surface area contributed by atoms with E-state index in [9.17, 15) is 4.79 Å². The van der Waals surface area contributed by atoms with E-state index in [1.54, 1.807) is 11.6 Å². The zero-order valence-corrected chi connectivity index (χ0v) is 24.7. The molecule has 0 bridgehead atoms. The fourth-order valence-corrected chi connectivity index (χ4v) is 7.26. The second kappa shape index (κ2) is 10.8. The van der Waals surface area contributed by atoms with Crippen LogP contribution in [0.2, 0.25) is 0 Å². The van der Waals surface area contributed by atoms with Crippen molar-refractivity contribution in [2.24, 2.45) is 7.05 Å². The van der Waals surface area contributed by atoms with Gasteiger partial charge in [-0.2, -0.15) is 10.1 Å². The summed E-state index contributed by atoms with van der Waals surface area (Å²) in [5.41, 5.74) is 2.62. The van der Waals surface area contributed by atoms with Crippen LogP contribution in [0.25, 0.3) is 21.3 Å². The van der Waals surface area contributed by atoms with Crippen molar-refractivity contribution in [3.8, 4) is 0 Å². The number of rotatable bonds is 6. The largest absolute Gasteiger partial charge is 0.357 e. The zero-order chi connectivity index (χ0) is 28.1. The van der Waals surface area contributed by atoms with E-state index in [1.165, 1.54) is 11.3 Å². The van der Waals surface area contributed by atoms with Crippen molar-refractivity contribution in [1.29, 1.82) is 0 Å². The van der Waals surface area contributed by atoms with Crippen molar-refractivity contribution in [1.82, 2.24) is 29.2 Å². The van der Waals surface area contributed by atoms with E-state index in [0.29, 0.717) is 22.6 Å². The molecule has 9 nitrogen and oxygen atoms in total. The Morgan fingerprint density at radius 1 is 1.15 bits per heavy atom. The van der Waals surface area contributed by atoms with Gasteiger partial charge in [-0.05, 0) is 52.0 Å². The first-order valence-corrected chi connectivity index (χ1v) is 15.3. The van der Waals surface area contributed by atoms with Gasteiger partial charge < -0.3 is 9.64 Å². The Labute approximate surface area is 237 Å². The van der Waals surface area contributed by atoms with Gasteiger partial charge in [0.1, 0.15) is 12.0 Å². The lowest BCUT2D eigenvalue weighted by Gasteiger charge is -2.49. The van der Waals surface area contributed by atoms with Gasteiger partial charge in [0, 0.05) is 50.4 Å². The zero-order valence-electron chi connectivity index (χ0n) is 23.9. The molecule has 0 N–H and O–H groups in total. The average molecular weight is 568 g/mol. The van der Waals surface area contributed by atoms with E-state index in [4.69, 9.17) is 9.84 Å². The summed E-state index contributed by atoms with van der Waals surface area (Å²) in [7, 11) is 1.75. The van der Waals surface area contributed by atoms with Crippen LogP contribution in [0.5, 0.6) is 0 Å². The first-order chi connectivity index (χ1) is 19.3. The molecule has 2 fully saturated rings. The minimum Gasteiger partial charge on any atom is -0.357 e. The van der Waals surface area contributed by atoms with Gasteiger partial charge in [-0.25, -0.2) is 18.9 Å². The highest BCUT2D eigenvalue weighted by molar-refractivity contribution is 7.18. The molecule has 4 atom stereocenters. The van der Waals surface area contributed by atoms with Crippen LogP contribution in [0.3, 0.4) is 0 Å². The fraction of sp³-hybridized carbons (Fsp3) is 0.586. The fourth-order valence-electron chi connectivity index (χ4n) is 6.39. The lowest BCUT2D eigenvalue weighted by molar-refractivity contribution is -0.0390. The monoisotopic (exact) mass is 567 g/mol. The maximum Gasteiger partial charge on any atom is 0.349 e. The van der Waals surface area contributed by atoms with Crippen molar-refractivity contribution < 1.29 is 9.13 Å². The number of hydrogen-bond donors (Lipinski definition) is 0. The summed E-state index contributed by atoms with van der Waals surface area (Å²) in [6.07, 6.45) is 6.61. The van der Waals surface area contributed by atoms with Crippen LogP contribution in [0, 0.1) is 12.7 Å². The third-order valence-corrected chi connectivity index (χ3v) is 9.74. The third kappa shape index (κ3) is 4.61. The summed E-state index contributed by atoms with van der Waals surface area (Å²) in [6, 6.07) is 3.98. The van der Waals surface area contributed by atoms with Crippen molar-refractivity contribution in [2.45, 2.75) is 84.2 Å². The molecule has 40 heavy (non-hydrogen) atoms. The molecule has 0 saturated carbocycles. The predicted molar refractivity (Wildman–Crippen MR) is 157 cm³/mol. The number of aromatic nitrogens is 5. The molecule has 11 heteroatoms. The van der Waals surface area contributed by atoms with Crippen LogP contribution in [0.1, 0.15) is 75.7 Å². The molecule has 2 unspecified atom stereocenters.